The third kappa shape index (κ3) is 8.33. The molecular weight excluding hydrogens is 666 g/mol. The molecule has 0 N–H and O–H groups in total. The summed E-state index contributed by atoms with van der Waals surface area (Å²) >= 11 is 0. The lowest BCUT2D eigenvalue weighted by Gasteiger charge is -2.29. The van der Waals surface area contributed by atoms with Crippen LogP contribution in [0.3, 0.4) is 0 Å². The molecule has 0 spiro atoms. The molecule has 0 amide bonds. The molecule has 4 aromatic rings. The van der Waals surface area contributed by atoms with Gasteiger partial charge < -0.3 is 9.47 Å². The molecule has 12 heteroatoms. The topological polar surface area (TPSA) is 18.5 Å². The summed E-state index contributed by atoms with van der Waals surface area (Å²) in [6.07, 6.45) is 3.92. The van der Waals surface area contributed by atoms with Crippen molar-refractivity contribution in [2.45, 2.75) is 76.9 Å². The first kappa shape index (κ1) is 36.1. The molecule has 1 fully saturated rings. The minimum atomic E-state index is -4.69. The van der Waals surface area contributed by atoms with Crippen molar-refractivity contribution in [3.05, 3.63) is 107 Å². The van der Waals surface area contributed by atoms with E-state index in [1.54, 1.807) is 6.07 Å². The normalized spacial score (nSPS) is 16.7. The maximum absolute atomic E-state index is 15.2. The predicted octanol–water partition coefficient (Wildman–Crippen LogP) is 12.4. The van der Waals surface area contributed by atoms with Gasteiger partial charge in [0.25, 0.3) is 0 Å². The Kier molecular flexibility index (Phi) is 11.1. The Labute approximate surface area is 276 Å². The van der Waals surface area contributed by atoms with E-state index in [1.165, 1.54) is 31.4 Å². The molecule has 0 saturated heterocycles. The minimum absolute atomic E-state index is 0.145. The van der Waals surface area contributed by atoms with E-state index in [2.05, 4.69) is 16.4 Å². The maximum atomic E-state index is 15.2. The largest absolute Gasteiger partial charge is 0.432 e. The van der Waals surface area contributed by atoms with Crippen LogP contribution in [0.15, 0.2) is 60.7 Å². The Hall–Kier alpha value is -4.22. The Morgan fingerprint density at radius 2 is 1.22 bits per heavy atom. The number of hydrogen-bond acceptors (Lipinski definition) is 2. The fraction of sp³-hybridized carbons (Fsp3) is 0.351. The average molecular weight is 699 g/mol. The molecule has 0 unspecified atom stereocenters. The summed E-state index contributed by atoms with van der Waals surface area (Å²) in [6.45, 7) is -1.38. The lowest BCUT2D eigenvalue weighted by atomic mass is 9.77. The number of ether oxygens (including phenoxy) is 2. The first-order valence-electron chi connectivity index (χ1n) is 15.9. The zero-order valence-electron chi connectivity index (χ0n) is 26.3. The second kappa shape index (κ2) is 15.1. The highest BCUT2D eigenvalue weighted by Crippen LogP contribution is 2.41. The zero-order valence-corrected chi connectivity index (χ0v) is 26.3. The smallest absolute Gasteiger partial charge is 0.429 e. The van der Waals surface area contributed by atoms with Crippen molar-refractivity contribution in [1.29, 1.82) is 0 Å². The summed E-state index contributed by atoms with van der Waals surface area (Å²) in [6, 6.07) is 8.31. The van der Waals surface area contributed by atoms with E-state index in [0.717, 1.165) is 49.8 Å². The van der Waals surface area contributed by atoms with E-state index in [1.807, 2.05) is 0 Å². The second-order valence-corrected chi connectivity index (χ2v) is 12.2. The monoisotopic (exact) mass is 698 g/mol. The van der Waals surface area contributed by atoms with Crippen molar-refractivity contribution in [1.82, 2.24) is 0 Å². The maximum Gasteiger partial charge on any atom is 0.432 e. The van der Waals surface area contributed by atoms with Crippen LogP contribution in [0.2, 0.25) is 0 Å². The predicted molar refractivity (Wildman–Crippen MR) is 163 cm³/mol. The zero-order chi connectivity index (χ0) is 35.5. The van der Waals surface area contributed by atoms with Crippen LogP contribution in [0, 0.1) is 40.8 Å². The molecule has 0 heterocycles. The van der Waals surface area contributed by atoms with Gasteiger partial charge in [-0.15, -0.1) is 0 Å². The van der Waals surface area contributed by atoms with E-state index in [9.17, 15) is 22.0 Å². The summed E-state index contributed by atoms with van der Waals surface area (Å²) in [5.74, 6) is -10.3. The van der Waals surface area contributed by atoms with Crippen LogP contribution in [-0.2, 0) is 6.11 Å². The van der Waals surface area contributed by atoms with Crippen molar-refractivity contribution >= 4 is 0 Å². The van der Waals surface area contributed by atoms with Crippen molar-refractivity contribution < 1.29 is 53.4 Å². The molecule has 1 saturated carbocycles. The van der Waals surface area contributed by atoms with Gasteiger partial charge >= 0.3 is 12.7 Å². The summed E-state index contributed by atoms with van der Waals surface area (Å²) in [5, 5.41) is 0. The van der Waals surface area contributed by atoms with E-state index in [0.29, 0.717) is 36.2 Å². The van der Waals surface area contributed by atoms with Gasteiger partial charge in [-0.25, -0.2) is 26.3 Å². The molecule has 262 valence electrons. The van der Waals surface area contributed by atoms with Gasteiger partial charge in [0.2, 0.25) is 0 Å². The molecule has 5 rings (SSSR count). The van der Waals surface area contributed by atoms with Gasteiger partial charge in [0.05, 0.1) is 0 Å². The van der Waals surface area contributed by atoms with Crippen LogP contribution >= 0.6 is 0 Å². The molecule has 0 bridgehead atoms. The Morgan fingerprint density at radius 1 is 0.673 bits per heavy atom. The number of alkyl halides is 4. The standard InChI is InChI=1S/C37H32F10O2/c1-2-3-4-5-20-6-8-21(9-7-20)22-10-12-26(28(38)14-22)23-15-30(40)34(31(41)16-23)37(46,47)49-25-11-13-27(29(39)19-25)24-17-32(42)35(33(43)18-24)48-36(44)45/h10-21,36H,2-9H2,1H3. The average Bonchev–Trinajstić information content (AvgIpc) is 3.02. The lowest BCUT2D eigenvalue weighted by Crippen LogP contribution is -2.25. The van der Waals surface area contributed by atoms with Gasteiger partial charge in [-0.05, 0) is 96.7 Å². The summed E-state index contributed by atoms with van der Waals surface area (Å²) < 4.78 is 152. The van der Waals surface area contributed by atoms with Crippen molar-refractivity contribution in [3.8, 4) is 33.8 Å². The molecule has 1 aliphatic carbocycles. The summed E-state index contributed by atoms with van der Waals surface area (Å²) in [5.41, 5.74) is -2.60. The Balaban J connectivity index is 1.31. The highest BCUT2D eigenvalue weighted by atomic mass is 19.3. The highest BCUT2D eigenvalue weighted by molar-refractivity contribution is 5.67. The van der Waals surface area contributed by atoms with Gasteiger partial charge in [0.15, 0.2) is 17.4 Å². The minimum Gasteiger partial charge on any atom is -0.429 e. The van der Waals surface area contributed by atoms with Crippen molar-refractivity contribution in [2.75, 3.05) is 0 Å². The molecular formula is C37H32F10O2. The van der Waals surface area contributed by atoms with Crippen molar-refractivity contribution in [2.24, 2.45) is 5.92 Å². The van der Waals surface area contributed by atoms with E-state index >= 15 is 22.0 Å². The number of halogens is 10. The van der Waals surface area contributed by atoms with E-state index < -0.39 is 75.8 Å². The Morgan fingerprint density at radius 3 is 1.76 bits per heavy atom. The molecule has 0 atom stereocenters. The molecule has 4 aromatic carbocycles. The summed E-state index contributed by atoms with van der Waals surface area (Å²) in [7, 11) is 0. The SMILES string of the molecule is CCCCCC1CCC(c2ccc(-c3cc(F)c(C(F)(F)Oc4ccc(-c5cc(F)c(OC(F)F)c(F)c5)c(F)c4)c(F)c3)c(F)c2)CC1. The van der Waals surface area contributed by atoms with Gasteiger partial charge in [0, 0.05) is 17.2 Å². The fourth-order valence-electron chi connectivity index (χ4n) is 6.40. The molecule has 0 aromatic heterocycles. The van der Waals surface area contributed by atoms with Crippen LogP contribution in [0.4, 0.5) is 43.9 Å². The fourth-order valence-corrected chi connectivity index (χ4v) is 6.40. The second-order valence-electron chi connectivity index (χ2n) is 12.2. The molecule has 1 aliphatic rings. The van der Waals surface area contributed by atoms with Crippen LogP contribution < -0.4 is 9.47 Å². The molecule has 49 heavy (non-hydrogen) atoms. The molecule has 0 aliphatic heterocycles. The van der Waals surface area contributed by atoms with E-state index in [4.69, 9.17) is 0 Å². The number of hydrogen-bond donors (Lipinski definition) is 0. The van der Waals surface area contributed by atoms with Gasteiger partial charge in [0.1, 0.15) is 34.6 Å². The Bertz CT molecular complexity index is 1740. The molecule has 2 nitrogen and oxygen atoms in total. The van der Waals surface area contributed by atoms with Crippen LogP contribution in [-0.4, -0.2) is 6.61 Å². The van der Waals surface area contributed by atoms with Crippen LogP contribution in [0.1, 0.15) is 75.3 Å². The third-order valence-electron chi connectivity index (χ3n) is 8.87. The third-order valence-corrected chi connectivity index (χ3v) is 8.87. The number of benzene rings is 4. The van der Waals surface area contributed by atoms with Gasteiger partial charge in [-0.3, -0.25) is 0 Å². The highest BCUT2D eigenvalue weighted by Gasteiger charge is 2.41. The number of unbranched alkanes of at least 4 members (excludes halogenated alkanes) is 2. The quantitative estimate of drug-likeness (QED) is 0.108. The number of rotatable bonds is 12. The lowest BCUT2D eigenvalue weighted by molar-refractivity contribution is -0.189. The van der Waals surface area contributed by atoms with Crippen LogP contribution in [0.25, 0.3) is 22.3 Å². The van der Waals surface area contributed by atoms with Crippen LogP contribution in [0.5, 0.6) is 11.5 Å². The molecule has 0 radical (unpaired) electrons. The van der Waals surface area contributed by atoms with Gasteiger partial charge in [-0.2, -0.15) is 17.6 Å². The summed E-state index contributed by atoms with van der Waals surface area (Å²) in [4.78, 5) is 0. The van der Waals surface area contributed by atoms with E-state index in [-0.39, 0.29) is 17.0 Å². The first-order chi connectivity index (χ1) is 23.3. The first-order valence-corrected chi connectivity index (χ1v) is 15.9. The van der Waals surface area contributed by atoms with Crippen molar-refractivity contribution in [3.63, 3.8) is 0 Å². The van der Waals surface area contributed by atoms with Gasteiger partial charge in [-0.1, -0.05) is 44.7 Å².